The van der Waals surface area contributed by atoms with E-state index < -0.39 is 0 Å². The fraction of sp³-hybridized carbons (Fsp3) is 0.133. The van der Waals surface area contributed by atoms with Crippen LogP contribution in [0.25, 0.3) is 0 Å². The molecule has 0 spiro atoms. The van der Waals surface area contributed by atoms with E-state index in [4.69, 9.17) is 11.6 Å². The first-order chi connectivity index (χ1) is 8.99. The molecule has 0 aliphatic heterocycles. The van der Waals surface area contributed by atoms with Gasteiger partial charge in [-0.3, -0.25) is 4.79 Å². The van der Waals surface area contributed by atoms with Crippen LogP contribution in [0.2, 0.25) is 5.02 Å². The molecule has 2 nitrogen and oxygen atoms in total. The van der Waals surface area contributed by atoms with Crippen LogP contribution in [0.1, 0.15) is 21.5 Å². The van der Waals surface area contributed by atoms with Crippen LogP contribution >= 0.6 is 27.5 Å². The lowest BCUT2D eigenvalue weighted by molar-refractivity contribution is 0.102. The van der Waals surface area contributed by atoms with Gasteiger partial charge in [0.15, 0.2) is 0 Å². The molecule has 0 saturated carbocycles. The number of anilines is 1. The molecule has 19 heavy (non-hydrogen) atoms. The summed E-state index contributed by atoms with van der Waals surface area (Å²) in [6, 6.07) is 11.2. The van der Waals surface area contributed by atoms with E-state index in [-0.39, 0.29) is 5.91 Å². The van der Waals surface area contributed by atoms with E-state index in [1.165, 1.54) is 0 Å². The minimum absolute atomic E-state index is 0.178. The van der Waals surface area contributed by atoms with Gasteiger partial charge < -0.3 is 5.32 Å². The van der Waals surface area contributed by atoms with Crippen LogP contribution in [0.5, 0.6) is 0 Å². The van der Waals surface area contributed by atoms with Gasteiger partial charge in [0, 0.05) is 4.47 Å². The second-order valence-electron chi connectivity index (χ2n) is 4.37. The summed E-state index contributed by atoms with van der Waals surface area (Å²) in [4.78, 5) is 12.3. The molecule has 0 fully saturated rings. The Morgan fingerprint density at radius 3 is 2.68 bits per heavy atom. The largest absolute Gasteiger partial charge is 0.321 e. The van der Waals surface area contributed by atoms with E-state index in [2.05, 4.69) is 21.2 Å². The van der Waals surface area contributed by atoms with Crippen molar-refractivity contribution in [3.63, 3.8) is 0 Å². The molecule has 0 bridgehead atoms. The molecule has 2 aromatic rings. The second kappa shape index (κ2) is 5.76. The Balaban J connectivity index is 2.31. The number of hydrogen-bond acceptors (Lipinski definition) is 1. The van der Waals surface area contributed by atoms with E-state index in [0.29, 0.717) is 16.3 Å². The zero-order valence-electron chi connectivity index (χ0n) is 10.6. The van der Waals surface area contributed by atoms with Crippen LogP contribution in [0.3, 0.4) is 0 Å². The quantitative estimate of drug-likeness (QED) is 0.823. The molecule has 0 heterocycles. The number of aryl methyl sites for hydroxylation is 2. The molecule has 0 aliphatic rings. The van der Waals surface area contributed by atoms with Gasteiger partial charge in [-0.15, -0.1) is 0 Å². The minimum Gasteiger partial charge on any atom is -0.321 e. The zero-order valence-corrected chi connectivity index (χ0v) is 13.0. The number of rotatable bonds is 2. The lowest BCUT2D eigenvalue weighted by atomic mass is 10.1. The fourth-order valence-corrected chi connectivity index (χ4v) is 2.35. The van der Waals surface area contributed by atoms with Crippen LogP contribution in [0.4, 0.5) is 5.69 Å². The average molecular weight is 339 g/mol. The van der Waals surface area contributed by atoms with Gasteiger partial charge in [-0.05, 0) is 53.5 Å². The number of carbonyl (C=O) groups is 1. The van der Waals surface area contributed by atoms with Gasteiger partial charge in [-0.1, -0.05) is 35.4 Å². The summed E-state index contributed by atoms with van der Waals surface area (Å²) in [6.45, 7) is 3.85. The van der Waals surface area contributed by atoms with Crippen molar-refractivity contribution in [2.75, 3.05) is 5.32 Å². The summed E-state index contributed by atoms with van der Waals surface area (Å²) in [7, 11) is 0. The molecular formula is C15H13BrClNO. The SMILES string of the molecule is Cc1ccc(Br)c(C(=O)Nc2cccc(C)c2Cl)c1. The van der Waals surface area contributed by atoms with Crippen molar-refractivity contribution in [1.82, 2.24) is 0 Å². The lowest BCUT2D eigenvalue weighted by Gasteiger charge is -2.10. The molecule has 98 valence electrons. The maximum atomic E-state index is 12.3. The van der Waals surface area contributed by atoms with Gasteiger partial charge in [0.2, 0.25) is 0 Å². The van der Waals surface area contributed by atoms with Gasteiger partial charge in [0.1, 0.15) is 0 Å². The van der Waals surface area contributed by atoms with Gasteiger partial charge in [0.05, 0.1) is 16.3 Å². The van der Waals surface area contributed by atoms with E-state index >= 15 is 0 Å². The van der Waals surface area contributed by atoms with E-state index in [9.17, 15) is 4.79 Å². The number of carbonyl (C=O) groups excluding carboxylic acids is 1. The molecule has 2 aromatic carbocycles. The Hall–Kier alpha value is -1.32. The molecule has 0 aromatic heterocycles. The van der Waals surface area contributed by atoms with Crippen molar-refractivity contribution in [2.45, 2.75) is 13.8 Å². The van der Waals surface area contributed by atoms with Crippen LogP contribution < -0.4 is 5.32 Å². The Kier molecular flexibility index (Phi) is 4.27. The van der Waals surface area contributed by atoms with Crippen molar-refractivity contribution in [1.29, 1.82) is 0 Å². The molecule has 4 heteroatoms. The first kappa shape index (κ1) is 14.1. The highest BCUT2D eigenvalue weighted by molar-refractivity contribution is 9.10. The predicted molar refractivity (Wildman–Crippen MR) is 83.0 cm³/mol. The molecule has 1 amide bonds. The topological polar surface area (TPSA) is 29.1 Å². The Morgan fingerprint density at radius 1 is 1.21 bits per heavy atom. The summed E-state index contributed by atoms with van der Waals surface area (Å²) in [6.07, 6.45) is 0. The van der Waals surface area contributed by atoms with E-state index in [1.54, 1.807) is 6.07 Å². The lowest BCUT2D eigenvalue weighted by Crippen LogP contribution is -2.13. The standard InChI is InChI=1S/C15H13BrClNO/c1-9-6-7-12(16)11(8-9)15(19)18-13-5-3-4-10(2)14(13)17/h3-8H,1-2H3,(H,18,19). The normalized spacial score (nSPS) is 10.3. The van der Waals surface area contributed by atoms with Crippen molar-refractivity contribution >= 4 is 39.1 Å². The number of halogens is 2. The molecule has 2 rings (SSSR count). The minimum atomic E-state index is -0.178. The third-order valence-electron chi connectivity index (χ3n) is 2.81. The zero-order chi connectivity index (χ0) is 14.0. The number of nitrogens with one attached hydrogen (secondary N) is 1. The van der Waals surface area contributed by atoms with Gasteiger partial charge in [-0.2, -0.15) is 0 Å². The molecule has 0 aliphatic carbocycles. The van der Waals surface area contributed by atoms with Crippen LogP contribution in [-0.4, -0.2) is 5.91 Å². The first-order valence-electron chi connectivity index (χ1n) is 5.81. The number of benzene rings is 2. The first-order valence-corrected chi connectivity index (χ1v) is 6.99. The molecule has 0 atom stereocenters. The van der Waals surface area contributed by atoms with E-state index in [0.717, 1.165) is 15.6 Å². The van der Waals surface area contributed by atoms with Crippen molar-refractivity contribution < 1.29 is 4.79 Å². The van der Waals surface area contributed by atoms with Crippen molar-refractivity contribution in [3.05, 3.63) is 62.6 Å². The highest BCUT2D eigenvalue weighted by Gasteiger charge is 2.12. The third-order valence-corrected chi connectivity index (χ3v) is 4.00. The van der Waals surface area contributed by atoms with E-state index in [1.807, 2.05) is 44.2 Å². The third kappa shape index (κ3) is 3.17. The van der Waals surface area contributed by atoms with Gasteiger partial charge in [0.25, 0.3) is 5.91 Å². The summed E-state index contributed by atoms with van der Waals surface area (Å²) < 4.78 is 0.763. The molecule has 0 unspecified atom stereocenters. The Bertz CT molecular complexity index is 640. The summed E-state index contributed by atoms with van der Waals surface area (Å²) in [5.74, 6) is -0.178. The molecular weight excluding hydrogens is 326 g/mol. The smallest absolute Gasteiger partial charge is 0.256 e. The van der Waals surface area contributed by atoms with Crippen molar-refractivity contribution in [3.8, 4) is 0 Å². The summed E-state index contributed by atoms with van der Waals surface area (Å²) in [5, 5.41) is 3.40. The fourth-order valence-electron chi connectivity index (χ4n) is 1.75. The maximum Gasteiger partial charge on any atom is 0.256 e. The predicted octanol–water partition coefficient (Wildman–Crippen LogP) is 4.97. The molecule has 0 radical (unpaired) electrons. The average Bonchev–Trinajstić information content (AvgIpc) is 2.38. The summed E-state index contributed by atoms with van der Waals surface area (Å²) >= 11 is 9.55. The van der Waals surface area contributed by atoms with Crippen molar-refractivity contribution in [2.24, 2.45) is 0 Å². The molecule has 0 saturated heterocycles. The highest BCUT2D eigenvalue weighted by atomic mass is 79.9. The van der Waals surface area contributed by atoms with Crippen LogP contribution in [-0.2, 0) is 0 Å². The summed E-state index contributed by atoms with van der Waals surface area (Å²) in [5.41, 5.74) is 3.18. The Morgan fingerprint density at radius 2 is 1.95 bits per heavy atom. The number of hydrogen-bond donors (Lipinski definition) is 1. The van der Waals surface area contributed by atoms with Gasteiger partial charge in [-0.25, -0.2) is 0 Å². The Labute approximate surface area is 125 Å². The van der Waals surface area contributed by atoms with Gasteiger partial charge >= 0.3 is 0 Å². The van der Waals surface area contributed by atoms with Crippen LogP contribution in [0, 0.1) is 13.8 Å². The second-order valence-corrected chi connectivity index (χ2v) is 5.61. The van der Waals surface area contributed by atoms with Crippen LogP contribution in [0.15, 0.2) is 40.9 Å². The highest BCUT2D eigenvalue weighted by Crippen LogP contribution is 2.26. The molecule has 1 N–H and O–H groups in total. The number of amides is 1. The monoisotopic (exact) mass is 337 g/mol. The maximum absolute atomic E-state index is 12.3.